The predicted molar refractivity (Wildman–Crippen MR) is 107 cm³/mol. The van der Waals surface area contributed by atoms with E-state index in [9.17, 15) is 4.39 Å². The summed E-state index contributed by atoms with van der Waals surface area (Å²) in [4.78, 5) is 4.51. The van der Waals surface area contributed by atoms with Crippen molar-refractivity contribution < 1.29 is 9.13 Å². The lowest BCUT2D eigenvalue weighted by atomic mass is 9.79. The van der Waals surface area contributed by atoms with Gasteiger partial charge in [-0.2, -0.15) is 0 Å². The molecule has 0 aromatic carbocycles. The zero-order valence-corrected chi connectivity index (χ0v) is 16.9. The number of ether oxygens (including phenoxy) is 1. The smallest absolute Gasteiger partial charge is 0.137 e. The van der Waals surface area contributed by atoms with E-state index in [0.717, 1.165) is 36.8 Å². The number of rotatable bonds is 12. The summed E-state index contributed by atoms with van der Waals surface area (Å²) in [5, 5.41) is 0. The van der Waals surface area contributed by atoms with Crippen LogP contribution in [0.1, 0.15) is 90.2 Å². The number of unbranched alkanes of at least 4 members (excludes halogenated alkanes) is 3. The van der Waals surface area contributed by atoms with E-state index in [1.165, 1.54) is 51.4 Å². The van der Waals surface area contributed by atoms with Gasteiger partial charge >= 0.3 is 0 Å². The van der Waals surface area contributed by atoms with Crippen LogP contribution in [-0.4, -0.2) is 17.8 Å². The van der Waals surface area contributed by atoms with Crippen molar-refractivity contribution in [3.63, 3.8) is 0 Å². The van der Waals surface area contributed by atoms with Crippen molar-refractivity contribution in [2.24, 2.45) is 11.8 Å². The number of aryl methyl sites for hydroxylation is 1. The van der Waals surface area contributed by atoms with Crippen LogP contribution in [0, 0.1) is 11.8 Å². The Hall–Kier alpha value is -1.12. The fourth-order valence-corrected chi connectivity index (χ4v) is 3.99. The molecule has 0 spiro atoms. The second-order valence-corrected chi connectivity index (χ2v) is 8.08. The molecule has 2 nitrogen and oxygen atoms in total. The molecule has 1 aromatic rings. The summed E-state index contributed by atoms with van der Waals surface area (Å²) in [6.07, 6.45) is 15.2. The Morgan fingerprint density at radius 1 is 1.08 bits per heavy atom. The summed E-state index contributed by atoms with van der Waals surface area (Å²) in [5.74, 6) is 2.52. The lowest BCUT2D eigenvalue weighted by molar-refractivity contribution is 0.183. The van der Waals surface area contributed by atoms with Gasteiger partial charge < -0.3 is 4.74 Å². The Balaban J connectivity index is 1.62. The summed E-state index contributed by atoms with van der Waals surface area (Å²) in [5.41, 5.74) is 1.13. The summed E-state index contributed by atoms with van der Waals surface area (Å²) in [7, 11) is 0. The van der Waals surface area contributed by atoms with Crippen LogP contribution in [0.15, 0.2) is 18.3 Å². The number of pyridine rings is 1. The maximum atomic E-state index is 13.8. The second kappa shape index (κ2) is 12.3. The SMILES string of the molecule is CCCCCCC(F)COc1ccc(CC[C@H]2CC[C@H](CC)CC2)nc1. The highest BCUT2D eigenvalue weighted by atomic mass is 19.1. The van der Waals surface area contributed by atoms with Crippen molar-refractivity contribution >= 4 is 0 Å². The van der Waals surface area contributed by atoms with Crippen LogP contribution in [-0.2, 0) is 6.42 Å². The molecule has 1 fully saturated rings. The molecule has 3 heteroatoms. The Morgan fingerprint density at radius 3 is 2.50 bits per heavy atom. The first-order chi connectivity index (χ1) is 12.7. The van der Waals surface area contributed by atoms with Gasteiger partial charge in [0, 0.05) is 5.69 Å². The molecule has 2 rings (SSSR count). The van der Waals surface area contributed by atoms with Gasteiger partial charge in [-0.05, 0) is 43.2 Å². The van der Waals surface area contributed by atoms with Crippen LogP contribution in [0.5, 0.6) is 5.75 Å². The van der Waals surface area contributed by atoms with Crippen molar-refractivity contribution in [3.05, 3.63) is 24.0 Å². The molecule has 1 heterocycles. The number of aromatic nitrogens is 1. The van der Waals surface area contributed by atoms with Crippen LogP contribution in [0.4, 0.5) is 4.39 Å². The highest BCUT2D eigenvalue weighted by molar-refractivity contribution is 5.20. The highest BCUT2D eigenvalue weighted by Gasteiger charge is 2.19. The zero-order chi connectivity index (χ0) is 18.6. The Morgan fingerprint density at radius 2 is 1.85 bits per heavy atom. The zero-order valence-electron chi connectivity index (χ0n) is 16.9. The number of hydrogen-bond donors (Lipinski definition) is 0. The van der Waals surface area contributed by atoms with Crippen LogP contribution < -0.4 is 4.74 Å². The lowest BCUT2D eigenvalue weighted by Crippen LogP contribution is -2.14. The standard InChI is InChI=1S/C23H38FNO/c1-3-5-6-7-8-21(24)18-26-23-16-15-22(25-17-23)14-13-20-11-9-19(4-2)10-12-20/h15-17,19-21H,3-14,18H2,1-2H3/t19-,20-,21?. The molecule has 26 heavy (non-hydrogen) atoms. The molecule has 0 bridgehead atoms. The van der Waals surface area contributed by atoms with E-state index in [1.807, 2.05) is 12.1 Å². The second-order valence-electron chi connectivity index (χ2n) is 8.08. The molecule has 0 amide bonds. The molecule has 0 N–H and O–H groups in total. The largest absolute Gasteiger partial charge is 0.489 e. The van der Waals surface area contributed by atoms with Gasteiger partial charge in [-0.1, -0.05) is 71.6 Å². The molecule has 148 valence electrons. The number of hydrogen-bond acceptors (Lipinski definition) is 2. The summed E-state index contributed by atoms with van der Waals surface area (Å²) in [6.45, 7) is 4.63. The third-order valence-electron chi connectivity index (χ3n) is 5.95. The average Bonchev–Trinajstić information content (AvgIpc) is 2.69. The van der Waals surface area contributed by atoms with E-state index in [-0.39, 0.29) is 6.61 Å². The molecule has 1 atom stereocenters. The van der Waals surface area contributed by atoms with Gasteiger partial charge in [0.05, 0.1) is 6.20 Å². The van der Waals surface area contributed by atoms with E-state index >= 15 is 0 Å². The summed E-state index contributed by atoms with van der Waals surface area (Å²) in [6, 6.07) is 3.99. The molecule has 0 radical (unpaired) electrons. The van der Waals surface area contributed by atoms with Crippen molar-refractivity contribution in [2.45, 2.75) is 97.1 Å². The molecule has 0 saturated heterocycles. The fourth-order valence-electron chi connectivity index (χ4n) is 3.99. The average molecular weight is 364 g/mol. The monoisotopic (exact) mass is 363 g/mol. The third-order valence-corrected chi connectivity index (χ3v) is 5.95. The maximum absolute atomic E-state index is 13.8. The first-order valence-corrected chi connectivity index (χ1v) is 10.9. The fraction of sp³-hybridized carbons (Fsp3) is 0.783. The van der Waals surface area contributed by atoms with Crippen molar-refractivity contribution in [1.82, 2.24) is 4.98 Å². The lowest BCUT2D eigenvalue weighted by Gasteiger charge is -2.27. The van der Waals surface area contributed by atoms with Crippen LogP contribution in [0.2, 0.25) is 0 Å². The Kier molecular flexibility index (Phi) is 10.0. The number of alkyl halides is 1. The first-order valence-electron chi connectivity index (χ1n) is 10.9. The minimum Gasteiger partial charge on any atom is -0.489 e. The molecule has 0 aliphatic heterocycles. The first kappa shape index (κ1) is 21.2. The summed E-state index contributed by atoms with van der Waals surface area (Å²) >= 11 is 0. The molecule has 1 aliphatic rings. The molecule has 1 unspecified atom stereocenters. The van der Waals surface area contributed by atoms with E-state index < -0.39 is 6.17 Å². The molecule has 1 aliphatic carbocycles. The Bertz CT molecular complexity index is 468. The minimum absolute atomic E-state index is 0.147. The van der Waals surface area contributed by atoms with Crippen molar-refractivity contribution in [3.8, 4) is 5.75 Å². The number of nitrogens with zero attached hydrogens (tertiary/aromatic N) is 1. The topological polar surface area (TPSA) is 22.1 Å². The van der Waals surface area contributed by atoms with Crippen molar-refractivity contribution in [2.75, 3.05) is 6.61 Å². The molecule has 1 aromatic heterocycles. The highest BCUT2D eigenvalue weighted by Crippen LogP contribution is 2.33. The van der Waals surface area contributed by atoms with Gasteiger partial charge in [-0.3, -0.25) is 4.98 Å². The minimum atomic E-state index is -0.871. The van der Waals surface area contributed by atoms with Crippen LogP contribution >= 0.6 is 0 Å². The van der Waals surface area contributed by atoms with Gasteiger partial charge in [0.25, 0.3) is 0 Å². The van der Waals surface area contributed by atoms with Crippen LogP contribution in [0.3, 0.4) is 0 Å². The predicted octanol–water partition coefficient (Wildman–Crippen LogP) is 6.92. The third kappa shape index (κ3) is 8.05. The van der Waals surface area contributed by atoms with E-state index in [4.69, 9.17) is 4.74 Å². The van der Waals surface area contributed by atoms with Crippen molar-refractivity contribution in [1.29, 1.82) is 0 Å². The number of halogens is 1. The molecular weight excluding hydrogens is 325 g/mol. The van der Waals surface area contributed by atoms with Crippen LogP contribution in [0.25, 0.3) is 0 Å². The van der Waals surface area contributed by atoms with E-state index in [1.54, 1.807) is 6.20 Å². The van der Waals surface area contributed by atoms with E-state index in [0.29, 0.717) is 12.2 Å². The molecule has 1 saturated carbocycles. The summed E-state index contributed by atoms with van der Waals surface area (Å²) < 4.78 is 19.4. The molecular formula is C23H38FNO. The van der Waals surface area contributed by atoms with Gasteiger partial charge in [0.2, 0.25) is 0 Å². The van der Waals surface area contributed by atoms with Gasteiger partial charge in [-0.25, -0.2) is 4.39 Å². The van der Waals surface area contributed by atoms with Gasteiger partial charge in [-0.15, -0.1) is 0 Å². The van der Waals surface area contributed by atoms with E-state index in [2.05, 4.69) is 18.8 Å². The maximum Gasteiger partial charge on any atom is 0.137 e. The normalized spacial score (nSPS) is 21.5. The Labute approximate surface area is 159 Å². The van der Waals surface area contributed by atoms with Gasteiger partial charge in [0.1, 0.15) is 18.5 Å². The quantitative estimate of drug-likeness (QED) is 0.376. The van der Waals surface area contributed by atoms with Gasteiger partial charge in [0.15, 0.2) is 0 Å².